The molecule has 7 heteroatoms. The van der Waals surface area contributed by atoms with E-state index in [1.54, 1.807) is 61.5 Å². The van der Waals surface area contributed by atoms with Crippen molar-refractivity contribution in [3.63, 3.8) is 0 Å². The normalized spacial score (nSPS) is 10.4. The standard InChI is InChI=1S/C20H20N2O5/c1-2-26-19(24)12-9-14-7-10-15(11-8-14)22-20(25)16-5-3-4-6-17(16)27-13-18(21)23/h3-12H,2,13H2,1H3,(H2,21,23)(H,22,25)/b12-9+. The van der Waals surface area contributed by atoms with Crippen molar-refractivity contribution in [3.05, 3.63) is 65.7 Å². The van der Waals surface area contributed by atoms with Crippen molar-refractivity contribution in [3.8, 4) is 5.75 Å². The minimum atomic E-state index is -0.628. The van der Waals surface area contributed by atoms with Gasteiger partial charge in [-0.2, -0.15) is 0 Å². The van der Waals surface area contributed by atoms with Gasteiger partial charge >= 0.3 is 5.97 Å². The first-order valence-electron chi connectivity index (χ1n) is 8.26. The quantitative estimate of drug-likeness (QED) is 0.549. The van der Waals surface area contributed by atoms with Crippen molar-refractivity contribution in [1.29, 1.82) is 0 Å². The van der Waals surface area contributed by atoms with Gasteiger partial charge in [-0.15, -0.1) is 0 Å². The second-order valence-corrected chi connectivity index (χ2v) is 5.41. The second-order valence-electron chi connectivity index (χ2n) is 5.41. The van der Waals surface area contributed by atoms with Crippen molar-refractivity contribution >= 4 is 29.5 Å². The molecule has 27 heavy (non-hydrogen) atoms. The Kier molecular flexibility index (Phi) is 7.13. The zero-order chi connectivity index (χ0) is 19.6. The molecule has 7 nitrogen and oxygen atoms in total. The lowest BCUT2D eigenvalue weighted by Gasteiger charge is -2.11. The van der Waals surface area contributed by atoms with Gasteiger partial charge in [0.05, 0.1) is 12.2 Å². The Morgan fingerprint density at radius 1 is 1.07 bits per heavy atom. The van der Waals surface area contributed by atoms with Crippen LogP contribution in [-0.4, -0.2) is 31.0 Å². The summed E-state index contributed by atoms with van der Waals surface area (Å²) < 4.78 is 10.1. The average Bonchev–Trinajstić information content (AvgIpc) is 2.66. The van der Waals surface area contributed by atoms with Gasteiger partial charge in [-0.1, -0.05) is 24.3 Å². The Morgan fingerprint density at radius 2 is 1.78 bits per heavy atom. The Balaban J connectivity index is 2.04. The lowest BCUT2D eigenvalue weighted by molar-refractivity contribution is -0.137. The molecule has 0 spiro atoms. The fourth-order valence-electron chi connectivity index (χ4n) is 2.16. The van der Waals surface area contributed by atoms with E-state index in [1.807, 2.05) is 0 Å². The van der Waals surface area contributed by atoms with Gasteiger partial charge in [-0.3, -0.25) is 9.59 Å². The second kappa shape index (κ2) is 9.76. The third kappa shape index (κ3) is 6.32. The van der Waals surface area contributed by atoms with Crippen molar-refractivity contribution in [1.82, 2.24) is 0 Å². The highest BCUT2D eigenvalue weighted by atomic mass is 16.5. The number of esters is 1. The minimum Gasteiger partial charge on any atom is -0.483 e. The van der Waals surface area contributed by atoms with Gasteiger partial charge in [0.25, 0.3) is 11.8 Å². The zero-order valence-electron chi connectivity index (χ0n) is 14.8. The zero-order valence-corrected chi connectivity index (χ0v) is 14.8. The van der Waals surface area contributed by atoms with Crippen molar-refractivity contribution in [2.75, 3.05) is 18.5 Å². The van der Waals surface area contributed by atoms with E-state index in [2.05, 4.69) is 5.32 Å². The summed E-state index contributed by atoms with van der Waals surface area (Å²) in [7, 11) is 0. The summed E-state index contributed by atoms with van der Waals surface area (Å²) >= 11 is 0. The van der Waals surface area contributed by atoms with Crippen LogP contribution in [0.3, 0.4) is 0 Å². The molecule has 0 aliphatic rings. The fourth-order valence-corrected chi connectivity index (χ4v) is 2.16. The van der Waals surface area contributed by atoms with Crippen molar-refractivity contribution < 1.29 is 23.9 Å². The van der Waals surface area contributed by atoms with Crippen molar-refractivity contribution in [2.45, 2.75) is 6.92 Å². The molecule has 2 aromatic carbocycles. The lowest BCUT2D eigenvalue weighted by Crippen LogP contribution is -2.21. The molecular weight excluding hydrogens is 348 g/mol. The largest absolute Gasteiger partial charge is 0.483 e. The van der Waals surface area contributed by atoms with E-state index in [-0.39, 0.29) is 23.8 Å². The maximum atomic E-state index is 12.5. The first-order chi connectivity index (χ1) is 13.0. The number of benzene rings is 2. The topological polar surface area (TPSA) is 108 Å². The van der Waals surface area contributed by atoms with Crippen LogP contribution in [0.5, 0.6) is 5.75 Å². The highest BCUT2D eigenvalue weighted by molar-refractivity contribution is 6.06. The molecule has 2 aromatic rings. The van der Waals surface area contributed by atoms with Gasteiger partial charge in [-0.05, 0) is 42.8 Å². The first-order valence-corrected chi connectivity index (χ1v) is 8.26. The number of nitrogens with two attached hydrogens (primary N) is 1. The summed E-state index contributed by atoms with van der Waals surface area (Å²) in [6, 6.07) is 13.5. The number of para-hydroxylation sites is 1. The summed E-state index contributed by atoms with van der Waals surface area (Å²) in [5.74, 6) is -1.16. The Morgan fingerprint density at radius 3 is 2.44 bits per heavy atom. The van der Waals surface area contributed by atoms with E-state index in [9.17, 15) is 14.4 Å². The van der Waals surface area contributed by atoms with E-state index < -0.39 is 11.9 Å². The molecule has 0 aliphatic carbocycles. The number of primary amides is 1. The lowest BCUT2D eigenvalue weighted by atomic mass is 10.1. The number of carbonyl (C=O) groups is 3. The van der Waals surface area contributed by atoms with Crippen LogP contribution in [0.25, 0.3) is 6.08 Å². The maximum absolute atomic E-state index is 12.5. The van der Waals surface area contributed by atoms with Crippen molar-refractivity contribution in [2.24, 2.45) is 5.73 Å². The Bertz CT molecular complexity index is 844. The Labute approximate surface area is 156 Å². The van der Waals surface area contributed by atoms with Gasteiger partial charge in [0.2, 0.25) is 0 Å². The van der Waals surface area contributed by atoms with Gasteiger partial charge in [0.15, 0.2) is 6.61 Å². The van der Waals surface area contributed by atoms with Gasteiger partial charge in [-0.25, -0.2) is 4.79 Å². The number of hydrogen-bond acceptors (Lipinski definition) is 5. The molecule has 0 heterocycles. The number of hydrogen-bond donors (Lipinski definition) is 2. The third-order valence-electron chi connectivity index (χ3n) is 3.37. The predicted molar refractivity (Wildman–Crippen MR) is 101 cm³/mol. The number of rotatable bonds is 8. The number of amides is 2. The molecule has 0 aliphatic heterocycles. The number of carbonyl (C=O) groups excluding carboxylic acids is 3. The molecule has 0 saturated carbocycles. The van der Waals surface area contributed by atoms with Crippen LogP contribution < -0.4 is 15.8 Å². The summed E-state index contributed by atoms with van der Waals surface area (Å²) in [5.41, 5.74) is 6.70. The molecule has 0 saturated heterocycles. The van der Waals surface area contributed by atoms with E-state index in [0.29, 0.717) is 12.3 Å². The van der Waals surface area contributed by atoms with Crippen LogP contribution in [0.4, 0.5) is 5.69 Å². The van der Waals surface area contributed by atoms with Crippen LogP contribution in [-0.2, 0) is 14.3 Å². The predicted octanol–water partition coefficient (Wildman–Crippen LogP) is 2.38. The highest BCUT2D eigenvalue weighted by Gasteiger charge is 2.13. The molecular formula is C20H20N2O5. The van der Waals surface area contributed by atoms with Gasteiger partial charge in [0, 0.05) is 11.8 Å². The third-order valence-corrected chi connectivity index (χ3v) is 3.37. The Hall–Kier alpha value is -3.61. The van der Waals surface area contributed by atoms with E-state index >= 15 is 0 Å². The average molecular weight is 368 g/mol. The fraction of sp³-hybridized carbons (Fsp3) is 0.150. The summed E-state index contributed by atoms with van der Waals surface area (Å²) in [5, 5.41) is 2.75. The highest BCUT2D eigenvalue weighted by Crippen LogP contribution is 2.20. The first kappa shape index (κ1) is 19.7. The SMILES string of the molecule is CCOC(=O)/C=C/c1ccc(NC(=O)c2ccccc2OCC(N)=O)cc1. The van der Waals surface area contributed by atoms with Crippen LogP contribution >= 0.6 is 0 Å². The summed E-state index contributed by atoms with van der Waals surface area (Å²) in [6.45, 7) is 1.74. The smallest absolute Gasteiger partial charge is 0.330 e. The molecule has 0 bridgehead atoms. The van der Waals surface area contributed by atoms with Gasteiger partial charge < -0.3 is 20.5 Å². The number of nitrogens with one attached hydrogen (secondary N) is 1. The van der Waals surface area contributed by atoms with Crippen LogP contribution in [0.1, 0.15) is 22.8 Å². The number of ether oxygens (including phenoxy) is 2. The summed E-state index contributed by atoms with van der Waals surface area (Å²) in [4.78, 5) is 34.6. The number of anilines is 1. The van der Waals surface area contributed by atoms with E-state index in [4.69, 9.17) is 15.2 Å². The molecule has 2 amide bonds. The summed E-state index contributed by atoms with van der Waals surface area (Å²) in [6.07, 6.45) is 2.96. The molecule has 140 valence electrons. The molecule has 0 radical (unpaired) electrons. The molecule has 2 rings (SSSR count). The molecule has 0 unspecified atom stereocenters. The van der Waals surface area contributed by atoms with E-state index in [1.165, 1.54) is 6.08 Å². The van der Waals surface area contributed by atoms with E-state index in [0.717, 1.165) is 5.56 Å². The maximum Gasteiger partial charge on any atom is 0.330 e. The van der Waals surface area contributed by atoms with Crippen LogP contribution in [0, 0.1) is 0 Å². The van der Waals surface area contributed by atoms with Crippen LogP contribution in [0.2, 0.25) is 0 Å². The molecule has 0 atom stereocenters. The minimum absolute atomic E-state index is 0.266. The molecule has 0 fully saturated rings. The monoisotopic (exact) mass is 368 g/mol. The van der Waals surface area contributed by atoms with Crippen LogP contribution in [0.15, 0.2) is 54.6 Å². The molecule has 0 aromatic heterocycles. The molecule has 3 N–H and O–H groups in total. The van der Waals surface area contributed by atoms with Gasteiger partial charge in [0.1, 0.15) is 5.75 Å².